The second-order valence-electron chi connectivity index (χ2n) is 6.51. The first-order chi connectivity index (χ1) is 11.6. The van der Waals surface area contributed by atoms with E-state index in [1.54, 1.807) is 6.92 Å². The molecule has 134 valence electrons. The van der Waals surface area contributed by atoms with E-state index in [4.69, 9.17) is 9.26 Å². The predicted molar refractivity (Wildman–Crippen MR) is 87.4 cm³/mol. The molecule has 1 aromatic rings. The highest BCUT2D eigenvalue weighted by atomic mass is 16.5. The smallest absolute Gasteiger partial charge is 0.239 e. The second kappa shape index (κ2) is 8.04. The van der Waals surface area contributed by atoms with Crippen LogP contribution < -0.4 is 0 Å². The van der Waals surface area contributed by atoms with Crippen LogP contribution in [0.15, 0.2) is 4.52 Å². The van der Waals surface area contributed by atoms with Crippen LogP contribution in [0.25, 0.3) is 0 Å². The molecule has 0 aliphatic carbocycles. The van der Waals surface area contributed by atoms with Gasteiger partial charge in [-0.1, -0.05) is 5.16 Å². The molecule has 3 heterocycles. The highest BCUT2D eigenvalue weighted by Crippen LogP contribution is 2.12. The fourth-order valence-corrected chi connectivity index (χ4v) is 3.35. The van der Waals surface area contributed by atoms with Crippen LogP contribution in [-0.4, -0.2) is 89.3 Å². The molecule has 3 rings (SSSR count). The number of amides is 1. The van der Waals surface area contributed by atoms with E-state index in [9.17, 15) is 4.79 Å². The minimum atomic E-state index is -0.0736. The normalized spacial score (nSPS) is 22.3. The molecule has 2 aliphatic heterocycles. The number of nitrogens with zero attached hydrogens (tertiary/aromatic N) is 5. The van der Waals surface area contributed by atoms with Crippen LogP contribution >= 0.6 is 0 Å². The Morgan fingerprint density at radius 3 is 2.67 bits per heavy atom. The molecule has 24 heavy (non-hydrogen) atoms. The standard InChI is InChI=1S/C16H27N5O3/c1-13(16(22)21-8-10-23-11-9-21)20-5-3-4-19(6-7-20)12-15-17-14(2)24-18-15/h13H,3-12H2,1-2H3. The Morgan fingerprint density at radius 2 is 1.96 bits per heavy atom. The first kappa shape index (κ1) is 17.3. The van der Waals surface area contributed by atoms with E-state index in [1.165, 1.54) is 0 Å². The second-order valence-corrected chi connectivity index (χ2v) is 6.51. The SMILES string of the molecule is Cc1nc(CN2CCCN(C(C)C(=O)N3CCOCC3)CC2)no1. The minimum Gasteiger partial charge on any atom is -0.378 e. The first-order valence-electron chi connectivity index (χ1n) is 8.75. The highest BCUT2D eigenvalue weighted by molar-refractivity contribution is 5.81. The molecule has 0 bridgehead atoms. The molecule has 8 nitrogen and oxygen atoms in total. The first-order valence-corrected chi connectivity index (χ1v) is 8.75. The molecular weight excluding hydrogens is 310 g/mol. The number of morpholine rings is 1. The number of hydrogen-bond acceptors (Lipinski definition) is 7. The summed E-state index contributed by atoms with van der Waals surface area (Å²) in [5.41, 5.74) is 0. The van der Waals surface area contributed by atoms with Crippen LogP contribution in [0.2, 0.25) is 0 Å². The Bertz CT molecular complexity index is 544. The summed E-state index contributed by atoms with van der Waals surface area (Å²) in [6.45, 7) is 11.0. The summed E-state index contributed by atoms with van der Waals surface area (Å²) in [6.07, 6.45) is 1.04. The Labute approximate surface area is 142 Å². The molecule has 1 aromatic heterocycles. The summed E-state index contributed by atoms with van der Waals surface area (Å²) in [4.78, 5) is 23.5. The quantitative estimate of drug-likeness (QED) is 0.773. The van der Waals surface area contributed by atoms with Crippen LogP contribution in [0.4, 0.5) is 0 Å². The van der Waals surface area contributed by atoms with Crippen LogP contribution in [0.1, 0.15) is 25.1 Å². The predicted octanol–water partition coefficient (Wildman–Crippen LogP) is 0.133. The lowest BCUT2D eigenvalue weighted by Gasteiger charge is -2.34. The average molecular weight is 337 g/mol. The van der Waals surface area contributed by atoms with Crippen molar-refractivity contribution in [3.05, 3.63) is 11.7 Å². The molecule has 0 N–H and O–H groups in total. The molecule has 1 unspecified atom stereocenters. The number of hydrogen-bond donors (Lipinski definition) is 0. The van der Waals surface area contributed by atoms with E-state index in [1.807, 2.05) is 11.8 Å². The molecule has 0 spiro atoms. The fraction of sp³-hybridized carbons (Fsp3) is 0.812. The van der Waals surface area contributed by atoms with Gasteiger partial charge < -0.3 is 14.2 Å². The van der Waals surface area contributed by atoms with E-state index in [-0.39, 0.29) is 11.9 Å². The molecule has 1 atom stereocenters. The molecular formula is C16H27N5O3. The molecule has 0 aromatic carbocycles. The van der Waals surface area contributed by atoms with E-state index in [2.05, 4.69) is 19.9 Å². The Hall–Kier alpha value is -1.51. The number of ether oxygens (including phenoxy) is 1. The molecule has 2 saturated heterocycles. The van der Waals surface area contributed by atoms with Gasteiger partial charge in [0.15, 0.2) is 5.82 Å². The van der Waals surface area contributed by atoms with Crippen LogP contribution in [0.3, 0.4) is 0 Å². The van der Waals surface area contributed by atoms with Crippen molar-refractivity contribution in [2.75, 3.05) is 52.5 Å². The van der Waals surface area contributed by atoms with Crippen molar-refractivity contribution in [3.63, 3.8) is 0 Å². The Morgan fingerprint density at radius 1 is 1.17 bits per heavy atom. The Balaban J connectivity index is 1.51. The van der Waals surface area contributed by atoms with Crippen LogP contribution in [0, 0.1) is 6.92 Å². The number of aryl methyl sites for hydroxylation is 1. The van der Waals surface area contributed by atoms with Gasteiger partial charge in [-0.05, 0) is 19.9 Å². The average Bonchev–Trinajstić information content (AvgIpc) is 2.87. The van der Waals surface area contributed by atoms with Crippen molar-refractivity contribution in [1.82, 2.24) is 24.8 Å². The molecule has 1 amide bonds. The number of aromatic nitrogens is 2. The topological polar surface area (TPSA) is 74.9 Å². The van der Waals surface area contributed by atoms with Gasteiger partial charge in [-0.2, -0.15) is 4.98 Å². The highest BCUT2D eigenvalue weighted by Gasteiger charge is 2.28. The van der Waals surface area contributed by atoms with Crippen molar-refractivity contribution in [2.45, 2.75) is 32.9 Å². The van der Waals surface area contributed by atoms with Crippen LogP contribution in [0.5, 0.6) is 0 Å². The maximum Gasteiger partial charge on any atom is 0.239 e. The molecule has 0 radical (unpaired) electrons. The van der Waals surface area contributed by atoms with E-state index in [0.717, 1.165) is 38.4 Å². The van der Waals surface area contributed by atoms with Gasteiger partial charge in [0.05, 0.1) is 25.8 Å². The summed E-state index contributed by atoms with van der Waals surface area (Å²) in [6, 6.07) is -0.0736. The lowest BCUT2D eigenvalue weighted by Crippen LogP contribution is -2.51. The van der Waals surface area contributed by atoms with E-state index in [0.29, 0.717) is 38.7 Å². The van der Waals surface area contributed by atoms with Crippen molar-refractivity contribution >= 4 is 5.91 Å². The molecule has 8 heteroatoms. The zero-order valence-electron chi connectivity index (χ0n) is 14.6. The Kier molecular flexibility index (Phi) is 5.80. The van der Waals surface area contributed by atoms with Crippen molar-refractivity contribution in [3.8, 4) is 0 Å². The lowest BCUT2D eigenvalue weighted by atomic mass is 10.2. The molecule has 2 aliphatic rings. The largest absolute Gasteiger partial charge is 0.378 e. The third-order valence-corrected chi connectivity index (χ3v) is 4.79. The van der Waals surface area contributed by atoms with E-state index >= 15 is 0 Å². The van der Waals surface area contributed by atoms with E-state index < -0.39 is 0 Å². The van der Waals surface area contributed by atoms with Gasteiger partial charge in [0.25, 0.3) is 0 Å². The van der Waals surface area contributed by atoms with Gasteiger partial charge in [0.1, 0.15) is 0 Å². The number of carbonyl (C=O) groups is 1. The fourth-order valence-electron chi connectivity index (χ4n) is 3.35. The lowest BCUT2D eigenvalue weighted by molar-refractivity contribution is -0.140. The third kappa shape index (κ3) is 4.31. The molecule has 0 saturated carbocycles. The van der Waals surface area contributed by atoms with Gasteiger partial charge in [-0.25, -0.2) is 0 Å². The van der Waals surface area contributed by atoms with Crippen molar-refractivity contribution in [2.24, 2.45) is 0 Å². The van der Waals surface area contributed by atoms with Crippen molar-refractivity contribution in [1.29, 1.82) is 0 Å². The summed E-state index contributed by atoms with van der Waals surface area (Å²) in [5, 5.41) is 3.97. The van der Waals surface area contributed by atoms with Gasteiger partial charge in [0.2, 0.25) is 11.8 Å². The van der Waals surface area contributed by atoms with Gasteiger partial charge in [0, 0.05) is 39.6 Å². The van der Waals surface area contributed by atoms with Gasteiger partial charge >= 0.3 is 0 Å². The number of rotatable bonds is 4. The summed E-state index contributed by atoms with van der Waals surface area (Å²) >= 11 is 0. The minimum absolute atomic E-state index is 0.0736. The summed E-state index contributed by atoms with van der Waals surface area (Å²) in [7, 11) is 0. The zero-order chi connectivity index (χ0) is 16.9. The maximum absolute atomic E-state index is 12.7. The van der Waals surface area contributed by atoms with Crippen molar-refractivity contribution < 1.29 is 14.1 Å². The summed E-state index contributed by atoms with van der Waals surface area (Å²) in [5.74, 6) is 1.56. The molecule has 2 fully saturated rings. The maximum atomic E-state index is 12.7. The monoisotopic (exact) mass is 337 g/mol. The van der Waals surface area contributed by atoms with Crippen LogP contribution in [-0.2, 0) is 16.1 Å². The summed E-state index contributed by atoms with van der Waals surface area (Å²) < 4.78 is 10.4. The third-order valence-electron chi connectivity index (χ3n) is 4.79. The number of carbonyl (C=O) groups excluding carboxylic acids is 1. The van der Waals surface area contributed by atoms with Gasteiger partial charge in [-0.3, -0.25) is 14.6 Å². The van der Waals surface area contributed by atoms with Gasteiger partial charge in [-0.15, -0.1) is 0 Å². The zero-order valence-corrected chi connectivity index (χ0v) is 14.6.